The van der Waals surface area contributed by atoms with E-state index in [4.69, 9.17) is 4.74 Å². The van der Waals surface area contributed by atoms with Crippen LogP contribution in [-0.4, -0.2) is 55.0 Å². The quantitative estimate of drug-likeness (QED) is 0.552. The molecule has 1 aromatic rings. The monoisotopic (exact) mass is 454 g/mol. The van der Waals surface area contributed by atoms with Crippen molar-refractivity contribution < 1.29 is 9.53 Å². The van der Waals surface area contributed by atoms with Gasteiger partial charge in [-0.25, -0.2) is 0 Å². The van der Waals surface area contributed by atoms with Gasteiger partial charge in [-0.2, -0.15) is 0 Å². The van der Waals surface area contributed by atoms with Gasteiger partial charge >= 0.3 is 0 Å². The molecule has 0 N–H and O–H groups in total. The summed E-state index contributed by atoms with van der Waals surface area (Å²) in [5.74, 6) is 1.85. The van der Waals surface area contributed by atoms with Crippen LogP contribution in [0, 0.1) is 11.3 Å². The number of rotatable bonds is 4. The second-order valence-corrected chi connectivity index (χ2v) is 11.0. The molecule has 1 aromatic carbocycles. The molecule has 0 aromatic heterocycles. The number of hydrogen-bond donors (Lipinski definition) is 0. The highest BCUT2D eigenvalue weighted by Gasteiger charge is 2.38. The molecule has 4 heteroatoms. The fourth-order valence-corrected chi connectivity index (χ4v) is 6.37. The topological polar surface area (TPSA) is 32.8 Å². The van der Waals surface area contributed by atoms with Gasteiger partial charge in [-0.15, -0.1) is 0 Å². The Morgan fingerprint density at radius 2 is 1.79 bits per heavy atom. The van der Waals surface area contributed by atoms with Crippen molar-refractivity contribution in [3.8, 4) is 5.75 Å². The van der Waals surface area contributed by atoms with Crippen molar-refractivity contribution in [2.45, 2.75) is 90.4 Å². The number of likely N-dealkylation sites (tertiary alicyclic amines) is 1. The molecule has 0 radical (unpaired) electrons. The highest BCUT2D eigenvalue weighted by Crippen LogP contribution is 2.39. The molecule has 1 spiro atoms. The predicted octanol–water partition coefficient (Wildman–Crippen LogP) is 6.08. The van der Waals surface area contributed by atoms with Gasteiger partial charge in [0.05, 0.1) is 0 Å². The molecule has 2 fully saturated rings. The molecule has 0 unspecified atom stereocenters. The summed E-state index contributed by atoms with van der Waals surface area (Å²) in [6.45, 7) is 8.32. The van der Waals surface area contributed by atoms with E-state index in [-0.39, 0.29) is 0 Å². The molecule has 1 amide bonds. The first-order chi connectivity index (χ1) is 16.2. The van der Waals surface area contributed by atoms with E-state index < -0.39 is 0 Å². The van der Waals surface area contributed by atoms with Crippen molar-refractivity contribution in [1.82, 2.24) is 9.80 Å². The van der Waals surface area contributed by atoms with Gasteiger partial charge in [0.15, 0.2) is 0 Å². The molecule has 0 atom stereocenters. The Kier molecular flexibility index (Phi) is 9.11. The third-order valence-electron chi connectivity index (χ3n) is 8.52. The lowest BCUT2D eigenvalue weighted by molar-refractivity contribution is -0.139. The van der Waals surface area contributed by atoms with Crippen molar-refractivity contribution in [3.05, 3.63) is 29.8 Å². The van der Waals surface area contributed by atoms with Gasteiger partial charge in [0.1, 0.15) is 12.4 Å². The molecule has 4 nitrogen and oxygen atoms in total. The van der Waals surface area contributed by atoms with Crippen LogP contribution in [0.25, 0.3) is 0 Å². The summed E-state index contributed by atoms with van der Waals surface area (Å²) in [6, 6.07) is 8.61. The number of benzene rings is 1. The minimum atomic E-state index is 0.308. The van der Waals surface area contributed by atoms with E-state index in [0.717, 1.165) is 57.8 Å². The maximum atomic E-state index is 13.2. The maximum Gasteiger partial charge on any atom is 0.225 e. The van der Waals surface area contributed by atoms with Crippen molar-refractivity contribution in [2.75, 3.05) is 39.3 Å². The Morgan fingerprint density at radius 1 is 1.00 bits per heavy atom. The summed E-state index contributed by atoms with van der Waals surface area (Å²) in [5, 5.41) is 0. The lowest BCUT2D eigenvalue weighted by Gasteiger charge is -2.45. The van der Waals surface area contributed by atoms with Gasteiger partial charge in [-0.1, -0.05) is 57.2 Å². The fourth-order valence-electron chi connectivity index (χ4n) is 6.37. The second-order valence-electron chi connectivity index (χ2n) is 11.0. The normalized spacial score (nSPS) is 23.2. The molecule has 1 aliphatic carbocycles. The van der Waals surface area contributed by atoms with Crippen LogP contribution in [0.4, 0.5) is 0 Å². The third-order valence-corrected chi connectivity index (χ3v) is 8.52. The molecular formula is C29H46N2O2. The Morgan fingerprint density at radius 3 is 2.58 bits per heavy atom. The zero-order valence-corrected chi connectivity index (χ0v) is 21.0. The number of aryl methyl sites for hydroxylation is 1. The van der Waals surface area contributed by atoms with Crippen molar-refractivity contribution in [3.63, 3.8) is 0 Å². The smallest absolute Gasteiger partial charge is 0.225 e. The Balaban J connectivity index is 1.42. The van der Waals surface area contributed by atoms with Crippen LogP contribution in [0.15, 0.2) is 24.3 Å². The van der Waals surface area contributed by atoms with E-state index in [0.29, 0.717) is 17.2 Å². The van der Waals surface area contributed by atoms with E-state index in [1.807, 2.05) is 0 Å². The van der Waals surface area contributed by atoms with Gasteiger partial charge < -0.3 is 9.64 Å². The first-order valence-corrected chi connectivity index (χ1v) is 13.9. The zero-order chi connectivity index (χ0) is 22.9. The summed E-state index contributed by atoms with van der Waals surface area (Å²) in [7, 11) is 0. The average molecular weight is 455 g/mol. The van der Waals surface area contributed by atoms with Crippen molar-refractivity contribution >= 4 is 5.91 Å². The van der Waals surface area contributed by atoms with Crippen LogP contribution in [0.5, 0.6) is 5.75 Å². The van der Waals surface area contributed by atoms with Crippen LogP contribution in [0.2, 0.25) is 0 Å². The summed E-state index contributed by atoms with van der Waals surface area (Å²) in [4.78, 5) is 18.1. The number of piperidine rings is 1. The molecule has 2 heterocycles. The summed E-state index contributed by atoms with van der Waals surface area (Å²) >= 11 is 0. The maximum absolute atomic E-state index is 13.2. The number of fused-ring (bicyclic) bond motifs is 1. The predicted molar refractivity (Wildman–Crippen MR) is 136 cm³/mol. The number of carbonyl (C=O) groups is 1. The molecule has 1 saturated heterocycles. The number of para-hydroxylation sites is 1. The standard InChI is InChI=1S/C29H46N2O2/c1-2-3-19-30-22-23-33-27-15-8-7-11-25(27)12-9-10-16-29(24-30)17-20-31(21-18-29)28(32)26-13-5-4-6-14-26/h7-8,11,15,26H,2-6,9-10,12-14,16-24H2,1H3. The fraction of sp³-hybridized carbons (Fsp3) is 0.759. The molecule has 3 aliphatic rings. The lowest BCUT2D eigenvalue weighted by Crippen LogP contribution is -2.50. The van der Waals surface area contributed by atoms with Crippen LogP contribution in [-0.2, 0) is 11.2 Å². The highest BCUT2D eigenvalue weighted by atomic mass is 16.5. The summed E-state index contributed by atoms with van der Waals surface area (Å²) in [5.41, 5.74) is 1.72. The second kappa shape index (κ2) is 12.2. The zero-order valence-electron chi connectivity index (χ0n) is 21.0. The molecule has 1 saturated carbocycles. The van der Waals surface area contributed by atoms with E-state index in [1.165, 1.54) is 76.3 Å². The minimum Gasteiger partial charge on any atom is -0.492 e. The van der Waals surface area contributed by atoms with Crippen LogP contribution in [0.1, 0.15) is 89.5 Å². The molecule has 2 aliphatic heterocycles. The largest absolute Gasteiger partial charge is 0.492 e. The molecule has 0 bridgehead atoms. The Bertz CT molecular complexity index is 735. The first-order valence-electron chi connectivity index (χ1n) is 13.9. The minimum absolute atomic E-state index is 0.308. The van der Waals surface area contributed by atoms with Gasteiger partial charge in [0.2, 0.25) is 5.91 Å². The Hall–Kier alpha value is -1.55. The first kappa shape index (κ1) is 24.6. The lowest BCUT2D eigenvalue weighted by atomic mass is 9.73. The average Bonchev–Trinajstić information content (AvgIpc) is 2.86. The number of carbonyl (C=O) groups excluding carboxylic acids is 1. The van der Waals surface area contributed by atoms with Gasteiger partial charge in [-0.05, 0) is 75.0 Å². The van der Waals surface area contributed by atoms with Crippen LogP contribution in [0.3, 0.4) is 0 Å². The molecular weight excluding hydrogens is 408 g/mol. The molecule has 4 rings (SSSR count). The third kappa shape index (κ3) is 6.74. The van der Waals surface area contributed by atoms with Gasteiger partial charge in [0, 0.05) is 32.1 Å². The van der Waals surface area contributed by atoms with Gasteiger partial charge in [-0.3, -0.25) is 9.69 Å². The number of amides is 1. The number of nitrogens with zero attached hydrogens (tertiary/aromatic N) is 2. The molecule has 184 valence electrons. The Labute approximate surface area is 202 Å². The van der Waals surface area contributed by atoms with E-state index >= 15 is 0 Å². The van der Waals surface area contributed by atoms with E-state index in [2.05, 4.69) is 41.0 Å². The number of unbranched alkanes of at least 4 members (excludes halogenated alkanes) is 1. The SMILES string of the molecule is CCCCN1CCOc2ccccc2CCCCC2(CCN(C(=O)C3CCCCC3)CC2)C1. The van der Waals surface area contributed by atoms with Crippen molar-refractivity contribution in [1.29, 1.82) is 0 Å². The summed E-state index contributed by atoms with van der Waals surface area (Å²) in [6.07, 6.45) is 15.8. The number of hydrogen-bond acceptors (Lipinski definition) is 3. The van der Waals surface area contributed by atoms with Crippen molar-refractivity contribution in [2.24, 2.45) is 11.3 Å². The summed E-state index contributed by atoms with van der Waals surface area (Å²) < 4.78 is 6.27. The molecule has 33 heavy (non-hydrogen) atoms. The van der Waals surface area contributed by atoms with Gasteiger partial charge in [0.25, 0.3) is 0 Å². The number of ether oxygens (including phenoxy) is 1. The highest BCUT2D eigenvalue weighted by molar-refractivity contribution is 5.79. The van der Waals surface area contributed by atoms with Crippen LogP contribution >= 0.6 is 0 Å². The van der Waals surface area contributed by atoms with Crippen LogP contribution < -0.4 is 4.74 Å². The van der Waals surface area contributed by atoms with E-state index in [9.17, 15) is 4.79 Å². The van der Waals surface area contributed by atoms with E-state index in [1.54, 1.807) is 0 Å².